The summed E-state index contributed by atoms with van der Waals surface area (Å²) in [6.45, 7) is -0.330. The number of fused-ring (bicyclic) bond motifs is 1. The van der Waals surface area contributed by atoms with Gasteiger partial charge < -0.3 is 10.1 Å². The second kappa shape index (κ2) is 9.48. The zero-order valence-corrected chi connectivity index (χ0v) is 18.0. The molecule has 4 rings (SSSR count). The third kappa shape index (κ3) is 4.70. The number of thiazole rings is 1. The molecule has 2 aromatic heterocycles. The van der Waals surface area contributed by atoms with Crippen LogP contribution in [0.2, 0.25) is 0 Å². The fraction of sp³-hybridized carbons (Fsp3) is 0.182. The Balaban J connectivity index is 1.50. The molecule has 9 nitrogen and oxygen atoms in total. The number of carbonyl (C=O) groups is 2. The highest BCUT2D eigenvalue weighted by Crippen LogP contribution is 2.25. The number of anilines is 1. The largest absolute Gasteiger partial charge is 0.464 e. The molecule has 0 spiro atoms. The van der Waals surface area contributed by atoms with Crippen molar-refractivity contribution < 1.29 is 14.3 Å². The SMILES string of the molecule is COC(=O)c1nc(NC(=O)Cn2nnc3ccccc3c2=O)sc1CCc1ccccc1. The molecule has 0 saturated heterocycles. The van der Waals surface area contributed by atoms with Crippen LogP contribution in [0.5, 0.6) is 0 Å². The summed E-state index contributed by atoms with van der Waals surface area (Å²) >= 11 is 1.20. The molecule has 0 atom stereocenters. The number of nitrogens with zero attached hydrogens (tertiary/aromatic N) is 4. The van der Waals surface area contributed by atoms with Crippen molar-refractivity contribution in [3.05, 3.63) is 81.1 Å². The number of nitrogens with one attached hydrogen (secondary N) is 1. The number of methoxy groups -OCH3 is 1. The fourth-order valence-electron chi connectivity index (χ4n) is 3.16. The molecule has 10 heteroatoms. The van der Waals surface area contributed by atoms with E-state index in [-0.39, 0.29) is 17.4 Å². The van der Waals surface area contributed by atoms with Crippen molar-refractivity contribution in [2.75, 3.05) is 12.4 Å². The molecule has 0 radical (unpaired) electrons. The second-order valence-corrected chi connectivity index (χ2v) is 7.97. The summed E-state index contributed by atoms with van der Waals surface area (Å²) in [4.78, 5) is 42.1. The Bertz CT molecular complexity index is 1330. The van der Waals surface area contributed by atoms with Gasteiger partial charge in [-0.3, -0.25) is 9.59 Å². The zero-order valence-electron chi connectivity index (χ0n) is 17.1. The molecule has 32 heavy (non-hydrogen) atoms. The van der Waals surface area contributed by atoms with Gasteiger partial charge in [-0.1, -0.05) is 47.7 Å². The Morgan fingerprint density at radius 1 is 1.06 bits per heavy atom. The highest BCUT2D eigenvalue weighted by atomic mass is 32.1. The smallest absolute Gasteiger partial charge is 0.357 e. The number of ether oxygens (including phenoxy) is 1. The standard InChI is InChI=1S/C22H19N5O4S/c1-31-21(30)19-17(12-11-14-7-3-2-4-8-14)32-22(24-19)23-18(28)13-27-20(29)15-9-5-6-10-16(15)25-26-27/h2-10H,11-13H2,1H3,(H,23,24,28). The number of hydrogen-bond acceptors (Lipinski definition) is 8. The van der Waals surface area contributed by atoms with E-state index < -0.39 is 17.4 Å². The molecule has 2 aromatic carbocycles. The van der Waals surface area contributed by atoms with Crippen molar-refractivity contribution in [2.24, 2.45) is 0 Å². The van der Waals surface area contributed by atoms with Gasteiger partial charge in [-0.15, -0.1) is 16.4 Å². The van der Waals surface area contributed by atoms with E-state index in [1.165, 1.54) is 18.4 Å². The van der Waals surface area contributed by atoms with E-state index in [9.17, 15) is 14.4 Å². The van der Waals surface area contributed by atoms with Crippen LogP contribution in [0.3, 0.4) is 0 Å². The van der Waals surface area contributed by atoms with Crippen LogP contribution in [-0.2, 0) is 28.9 Å². The topological polar surface area (TPSA) is 116 Å². The van der Waals surface area contributed by atoms with Crippen molar-refractivity contribution in [1.29, 1.82) is 0 Å². The minimum absolute atomic E-state index is 0.173. The summed E-state index contributed by atoms with van der Waals surface area (Å²) in [6, 6.07) is 16.6. The fourth-order valence-corrected chi connectivity index (χ4v) is 4.12. The van der Waals surface area contributed by atoms with E-state index in [2.05, 4.69) is 20.6 Å². The van der Waals surface area contributed by atoms with Crippen LogP contribution in [0.4, 0.5) is 5.13 Å². The molecular weight excluding hydrogens is 430 g/mol. The molecule has 0 aliphatic heterocycles. The van der Waals surface area contributed by atoms with Gasteiger partial charge in [-0.25, -0.2) is 14.5 Å². The highest BCUT2D eigenvalue weighted by Gasteiger charge is 2.20. The van der Waals surface area contributed by atoms with E-state index >= 15 is 0 Å². The summed E-state index contributed by atoms with van der Waals surface area (Å²) in [5.41, 5.74) is 1.34. The van der Waals surface area contributed by atoms with Crippen LogP contribution in [0.15, 0.2) is 59.4 Å². The maximum absolute atomic E-state index is 12.5. The van der Waals surface area contributed by atoms with Gasteiger partial charge >= 0.3 is 5.97 Å². The first-order valence-corrected chi connectivity index (χ1v) is 10.6. The lowest BCUT2D eigenvalue weighted by Crippen LogP contribution is -2.30. The molecular formula is C22H19N5O4S. The predicted octanol–water partition coefficient (Wildman–Crippen LogP) is 2.46. The van der Waals surface area contributed by atoms with Crippen LogP contribution >= 0.6 is 11.3 Å². The zero-order chi connectivity index (χ0) is 22.5. The van der Waals surface area contributed by atoms with Gasteiger partial charge in [0.05, 0.1) is 12.5 Å². The number of amides is 1. The molecule has 2 heterocycles. The molecule has 1 N–H and O–H groups in total. The van der Waals surface area contributed by atoms with Gasteiger partial charge in [0.2, 0.25) is 5.91 Å². The minimum Gasteiger partial charge on any atom is -0.464 e. The summed E-state index contributed by atoms with van der Waals surface area (Å²) in [5.74, 6) is -1.07. The first kappa shape index (κ1) is 21.3. The average Bonchev–Trinajstić information content (AvgIpc) is 3.22. The van der Waals surface area contributed by atoms with Gasteiger partial charge in [0.1, 0.15) is 12.1 Å². The summed E-state index contributed by atoms with van der Waals surface area (Å²) in [7, 11) is 1.28. The van der Waals surface area contributed by atoms with Crippen molar-refractivity contribution in [3.8, 4) is 0 Å². The second-order valence-electron chi connectivity index (χ2n) is 6.89. The van der Waals surface area contributed by atoms with Gasteiger partial charge in [-0.2, -0.15) is 0 Å². The van der Waals surface area contributed by atoms with Crippen molar-refractivity contribution in [2.45, 2.75) is 19.4 Å². The van der Waals surface area contributed by atoms with Crippen molar-refractivity contribution >= 4 is 39.2 Å². The normalized spacial score (nSPS) is 10.8. The Morgan fingerprint density at radius 3 is 2.59 bits per heavy atom. The van der Waals surface area contributed by atoms with Crippen LogP contribution in [0.1, 0.15) is 20.9 Å². The van der Waals surface area contributed by atoms with Crippen LogP contribution in [0, 0.1) is 0 Å². The Labute approximate surface area is 186 Å². The molecule has 162 valence electrons. The Hall–Kier alpha value is -3.92. The lowest BCUT2D eigenvalue weighted by molar-refractivity contribution is -0.117. The molecule has 0 aliphatic carbocycles. The van der Waals surface area contributed by atoms with Crippen LogP contribution < -0.4 is 10.9 Å². The van der Waals surface area contributed by atoms with E-state index in [0.717, 1.165) is 10.2 Å². The average molecular weight is 449 g/mol. The molecule has 4 aromatic rings. The van der Waals surface area contributed by atoms with E-state index in [4.69, 9.17) is 4.74 Å². The van der Waals surface area contributed by atoms with Crippen molar-refractivity contribution in [1.82, 2.24) is 20.0 Å². The number of carbonyl (C=O) groups excluding carboxylic acids is 2. The van der Waals surface area contributed by atoms with Gasteiger partial charge in [0.15, 0.2) is 10.8 Å². The quantitative estimate of drug-likeness (QED) is 0.431. The predicted molar refractivity (Wildman–Crippen MR) is 120 cm³/mol. The van der Waals surface area contributed by atoms with Crippen molar-refractivity contribution in [3.63, 3.8) is 0 Å². The monoisotopic (exact) mass is 449 g/mol. The first-order chi connectivity index (χ1) is 15.5. The van der Waals surface area contributed by atoms with Gasteiger partial charge in [0.25, 0.3) is 5.56 Å². The van der Waals surface area contributed by atoms with Gasteiger partial charge in [0, 0.05) is 4.88 Å². The van der Waals surface area contributed by atoms with E-state index in [1.54, 1.807) is 24.3 Å². The summed E-state index contributed by atoms with van der Waals surface area (Å²) in [6.07, 6.45) is 1.28. The van der Waals surface area contributed by atoms with Crippen LogP contribution in [-0.4, -0.2) is 39.0 Å². The number of esters is 1. The maximum Gasteiger partial charge on any atom is 0.357 e. The van der Waals surface area contributed by atoms with E-state index in [0.29, 0.717) is 28.6 Å². The minimum atomic E-state index is -0.568. The summed E-state index contributed by atoms with van der Waals surface area (Å²) < 4.78 is 5.82. The summed E-state index contributed by atoms with van der Waals surface area (Å²) in [5, 5.41) is 11.0. The lowest BCUT2D eigenvalue weighted by atomic mass is 10.1. The molecule has 0 unspecified atom stereocenters. The molecule has 0 saturated carbocycles. The van der Waals surface area contributed by atoms with Gasteiger partial charge in [-0.05, 0) is 30.5 Å². The number of hydrogen-bond donors (Lipinski definition) is 1. The molecule has 1 amide bonds. The molecule has 0 aliphatic rings. The van der Waals surface area contributed by atoms with Crippen LogP contribution in [0.25, 0.3) is 10.9 Å². The Morgan fingerprint density at radius 2 is 1.81 bits per heavy atom. The number of benzene rings is 2. The number of aryl methyl sites for hydroxylation is 2. The third-order valence-corrected chi connectivity index (χ3v) is 5.76. The first-order valence-electron chi connectivity index (χ1n) is 9.79. The molecule has 0 bridgehead atoms. The number of rotatable bonds is 7. The highest BCUT2D eigenvalue weighted by molar-refractivity contribution is 7.16. The Kier molecular flexibility index (Phi) is 6.31. The molecule has 0 fully saturated rings. The lowest BCUT2D eigenvalue weighted by Gasteiger charge is -2.04. The number of aromatic nitrogens is 4. The van der Waals surface area contributed by atoms with E-state index in [1.807, 2.05) is 30.3 Å². The maximum atomic E-state index is 12.5. The third-order valence-electron chi connectivity index (χ3n) is 4.73.